The number of carbonyl (C=O) groups is 1. The fourth-order valence-corrected chi connectivity index (χ4v) is 3.26. The highest BCUT2D eigenvalue weighted by molar-refractivity contribution is 5.94. The summed E-state index contributed by atoms with van der Waals surface area (Å²) in [5, 5.41) is 3.17. The van der Waals surface area contributed by atoms with E-state index in [1.165, 1.54) is 18.8 Å². The van der Waals surface area contributed by atoms with Gasteiger partial charge in [0.05, 0.1) is 31.7 Å². The van der Waals surface area contributed by atoms with E-state index in [1.54, 1.807) is 43.4 Å². The third kappa shape index (κ3) is 3.94. The number of hydrogen-bond donors (Lipinski definition) is 1. The number of amides is 1. The van der Waals surface area contributed by atoms with Crippen LogP contribution in [-0.2, 0) is 13.6 Å². The summed E-state index contributed by atoms with van der Waals surface area (Å²) in [4.78, 5) is 38.0. The van der Waals surface area contributed by atoms with Gasteiger partial charge in [0.25, 0.3) is 11.5 Å². The molecule has 2 aromatic carbocycles. The summed E-state index contributed by atoms with van der Waals surface area (Å²) >= 11 is 0. The molecule has 30 heavy (non-hydrogen) atoms. The number of nitrogens with one attached hydrogen (secondary N) is 1. The smallest absolute Gasteiger partial charge is 0.331 e. The van der Waals surface area contributed by atoms with Crippen LogP contribution < -0.4 is 26.0 Å². The second kappa shape index (κ2) is 8.44. The average molecular weight is 411 g/mol. The molecule has 0 atom stereocenters. The molecule has 0 aliphatic heterocycles. The van der Waals surface area contributed by atoms with Gasteiger partial charge in [0.1, 0.15) is 0 Å². The Morgan fingerprint density at radius 2 is 1.63 bits per heavy atom. The lowest BCUT2D eigenvalue weighted by Crippen LogP contribution is -2.39. The molecule has 1 heterocycles. The minimum Gasteiger partial charge on any atom is -0.493 e. The van der Waals surface area contributed by atoms with Gasteiger partial charge in [-0.15, -0.1) is 0 Å². The highest BCUT2D eigenvalue weighted by Gasteiger charge is 2.16. The second-order valence-corrected chi connectivity index (χ2v) is 7.28. The zero-order valence-corrected chi connectivity index (χ0v) is 17.7. The molecule has 0 radical (unpaired) electrons. The molecule has 0 fully saturated rings. The van der Waals surface area contributed by atoms with Crippen LogP contribution in [0.4, 0.5) is 0 Å². The Morgan fingerprint density at radius 3 is 2.20 bits per heavy atom. The molecule has 1 amide bonds. The number of carbonyl (C=O) groups excluding carboxylic acids is 1. The zero-order valence-electron chi connectivity index (χ0n) is 17.7. The second-order valence-electron chi connectivity index (χ2n) is 7.28. The lowest BCUT2D eigenvalue weighted by atomic mass is 10.1. The predicted molar refractivity (Wildman–Crippen MR) is 115 cm³/mol. The Labute approximate surface area is 173 Å². The number of ether oxygens (including phenoxy) is 2. The molecule has 3 rings (SSSR count). The molecule has 8 heteroatoms. The first kappa shape index (κ1) is 21.2. The van der Waals surface area contributed by atoms with Crippen LogP contribution in [-0.4, -0.2) is 35.3 Å². The molecule has 3 aromatic rings. The summed E-state index contributed by atoms with van der Waals surface area (Å²) in [7, 11) is 4.58. The maximum atomic E-state index is 13.1. The monoisotopic (exact) mass is 411 g/mol. The molecule has 158 valence electrons. The van der Waals surface area contributed by atoms with E-state index in [4.69, 9.17) is 9.47 Å². The molecule has 0 spiro atoms. The van der Waals surface area contributed by atoms with Gasteiger partial charge in [-0.25, -0.2) is 4.79 Å². The van der Waals surface area contributed by atoms with Gasteiger partial charge in [0.2, 0.25) is 0 Å². The topological polar surface area (TPSA) is 91.6 Å². The normalized spacial score (nSPS) is 11.0. The number of methoxy groups -OCH3 is 2. The van der Waals surface area contributed by atoms with Crippen molar-refractivity contribution in [2.45, 2.75) is 26.4 Å². The van der Waals surface area contributed by atoms with Crippen molar-refractivity contribution in [3.05, 3.63) is 68.4 Å². The number of rotatable bonds is 6. The van der Waals surface area contributed by atoms with Crippen LogP contribution >= 0.6 is 0 Å². The molecule has 8 nitrogen and oxygen atoms in total. The molecule has 0 saturated carbocycles. The molecule has 0 aliphatic carbocycles. The fourth-order valence-electron chi connectivity index (χ4n) is 3.26. The summed E-state index contributed by atoms with van der Waals surface area (Å²) in [6, 6.07) is 10.1. The van der Waals surface area contributed by atoms with E-state index in [1.807, 2.05) is 13.8 Å². The molecule has 1 aromatic heterocycles. The summed E-state index contributed by atoms with van der Waals surface area (Å²) < 4.78 is 13.1. The van der Waals surface area contributed by atoms with Crippen molar-refractivity contribution in [1.82, 2.24) is 14.5 Å². The third-order valence-corrected chi connectivity index (χ3v) is 4.83. The molecule has 1 N–H and O–H groups in total. The van der Waals surface area contributed by atoms with E-state index in [-0.39, 0.29) is 18.5 Å². The van der Waals surface area contributed by atoms with E-state index >= 15 is 0 Å². The van der Waals surface area contributed by atoms with Gasteiger partial charge >= 0.3 is 5.69 Å². The molecule has 0 saturated heterocycles. The maximum Gasteiger partial charge on any atom is 0.331 e. The Hall–Kier alpha value is -3.55. The van der Waals surface area contributed by atoms with Gasteiger partial charge in [-0.2, -0.15) is 0 Å². The number of benzene rings is 2. The Balaban J connectivity index is 2.03. The first-order chi connectivity index (χ1) is 14.3. The standard InChI is InChI=1S/C22H25N3O5/c1-13(2)23-20(26)15-8-6-14(7-9-15)12-25-21(27)16-10-18(29-4)19(30-5)11-17(16)24(3)22(25)28/h6-11,13H,12H2,1-5H3,(H,23,26). The zero-order chi connectivity index (χ0) is 22.0. The van der Waals surface area contributed by atoms with Crippen LogP contribution in [0.15, 0.2) is 46.0 Å². The molecular weight excluding hydrogens is 386 g/mol. The minimum absolute atomic E-state index is 0.0343. The lowest BCUT2D eigenvalue weighted by Gasteiger charge is -2.14. The van der Waals surface area contributed by atoms with Gasteiger partial charge in [-0.1, -0.05) is 12.1 Å². The molecule has 0 bridgehead atoms. The van der Waals surface area contributed by atoms with Crippen molar-refractivity contribution < 1.29 is 14.3 Å². The van der Waals surface area contributed by atoms with Crippen molar-refractivity contribution in [2.24, 2.45) is 7.05 Å². The Bertz CT molecular complexity index is 1210. The summed E-state index contributed by atoms with van der Waals surface area (Å²) in [5.74, 6) is 0.677. The summed E-state index contributed by atoms with van der Waals surface area (Å²) in [5.41, 5.74) is 0.842. The highest BCUT2D eigenvalue weighted by Crippen LogP contribution is 2.30. The van der Waals surface area contributed by atoms with Crippen LogP contribution in [0.25, 0.3) is 10.9 Å². The van der Waals surface area contributed by atoms with Crippen molar-refractivity contribution in [2.75, 3.05) is 14.2 Å². The van der Waals surface area contributed by atoms with Crippen LogP contribution in [0.3, 0.4) is 0 Å². The van der Waals surface area contributed by atoms with Gasteiger partial charge < -0.3 is 14.8 Å². The largest absolute Gasteiger partial charge is 0.493 e. The fraction of sp³-hybridized carbons (Fsp3) is 0.318. The highest BCUT2D eigenvalue weighted by atomic mass is 16.5. The van der Waals surface area contributed by atoms with E-state index < -0.39 is 11.2 Å². The van der Waals surface area contributed by atoms with Gasteiger partial charge in [-0.3, -0.25) is 18.7 Å². The molecular formula is C22H25N3O5. The number of aromatic nitrogens is 2. The number of fused-ring (bicyclic) bond motifs is 1. The molecule has 0 unspecified atom stereocenters. The third-order valence-electron chi connectivity index (χ3n) is 4.83. The van der Waals surface area contributed by atoms with Crippen LogP contribution in [0.1, 0.15) is 29.8 Å². The first-order valence-electron chi connectivity index (χ1n) is 9.52. The van der Waals surface area contributed by atoms with Crippen molar-refractivity contribution in [3.8, 4) is 11.5 Å². The number of hydrogen-bond acceptors (Lipinski definition) is 5. The van der Waals surface area contributed by atoms with Crippen LogP contribution in [0, 0.1) is 0 Å². The maximum absolute atomic E-state index is 13.1. The van der Waals surface area contributed by atoms with Gasteiger partial charge in [0.15, 0.2) is 11.5 Å². The minimum atomic E-state index is -0.443. The van der Waals surface area contributed by atoms with Crippen molar-refractivity contribution >= 4 is 16.8 Å². The Morgan fingerprint density at radius 1 is 1.03 bits per heavy atom. The van der Waals surface area contributed by atoms with E-state index in [2.05, 4.69) is 5.32 Å². The molecule has 0 aliphatic rings. The predicted octanol–water partition coefficient (Wildman–Crippen LogP) is 1.90. The van der Waals surface area contributed by atoms with Crippen molar-refractivity contribution in [3.63, 3.8) is 0 Å². The average Bonchev–Trinajstić information content (AvgIpc) is 2.74. The van der Waals surface area contributed by atoms with Gasteiger partial charge in [0, 0.05) is 24.7 Å². The van der Waals surface area contributed by atoms with Crippen LogP contribution in [0.2, 0.25) is 0 Å². The van der Waals surface area contributed by atoms with Gasteiger partial charge in [-0.05, 0) is 37.6 Å². The number of nitrogens with zero attached hydrogens (tertiary/aromatic N) is 2. The van der Waals surface area contributed by atoms with Crippen LogP contribution in [0.5, 0.6) is 11.5 Å². The summed E-state index contributed by atoms with van der Waals surface area (Å²) in [6.45, 7) is 3.86. The first-order valence-corrected chi connectivity index (χ1v) is 9.52. The quantitative estimate of drug-likeness (QED) is 0.669. The SMILES string of the molecule is COc1cc2c(=O)n(Cc3ccc(C(=O)NC(C)C)cc3)c(=O)n(C)c2cc1OC. The van der Waals surface area contributed by atoms with Crippen molar-refractivity contribution in [1.29, 1.82) is 0 Å². The van der Waals surface area contributed by atoms with E-state index in [0.717, 1.165) is 10.1 Å². The lowest BCUT2D eigenvalue weighted by molar-refractivity contribution is 0.0943. The van der Waals surface area contributed by atoms with E-state index in [9.17, 15) is 14.4 Å². The summed E-state index contributed by atoms with van der Waals surface area (Å²) in [6.07, 6.45) is 0. The number of aryl methyl sites for hydroxylation is 1. The Kier molecular flexibility index (Phi) is 5.96. The van der Waals surface area contributed by atoms with E-state index in [0.29, 0.717) is 28.0 Å².